The van der Waals surface area contributed by atoms with E-state index in [2.05, 4.69) is 56.9 Å². The molecule has 0 unspecified atom stereocenters. The van der Waals surface area contributed by atoms with Crippen molar-refractivity contribution in [1.29, 1.82) is 0 Å². The largest absolute Gasteiger partial charge is 0.368 e. The van der Waals surface area contributed by atoms with Crippen LogP contribution in [0, 0.1) is 0 Å². The van der Waals surface area contributed by atoms with Gasteiger partial charge >= 0.3 is 0 Å². The Kier molecular flexibility index (Phi) is 5.20. The van der Waals surface area contributed by atoms with E-state index in [9.17, 15) is 0 Å². The molecule has 1 saturated heterocycles. The number of nitrogens with two attached hydrogens (primary N) is 1. The number of benzene rings is 1. The van der Waals surface area contributed by atoms with Crippen molar-refractivity contribution in [2.24, 2.45) is 0 Å². The van der Waals surface area contributed by atoms with Crippen LogP contribution in [0.5, 0.6) is 0 Å². The van der Waals surface area contributed by atoms with Gasteiger partial charge in [0.1, 0.15) is 5.52 Å². The number of rotatable bonds is 7. The fourth-order valence-corrected chi connectivity index (χ4v) is 3.58. The summed E-state index contributed by atoms with van der Waals surface area (Å²) in [6.07, 6.45) is 6.61. The van der Waals surface area contributed by atoms with Gasteiger partial charge in [0.05, 0.1) is 12.7 Å². The second-order valence-corrected chi connectivity index (χ2v) is 7.16. The topological polar surface area (TPSA) is 93.7 Å². The summed E-state index contributed by atoms with van der Waals surface area (Å²) in [5.41, 5.74) is 9.98. The molecule has 0 saturated carbocycles. The molecule has 1 aliphatic rings. The van der Waals surface area contributed by atoms with E-state index < -0.39 is 0 Å². The normalized spacial score (nSPS) is 16.9. The van der Waals surface area contributed by atoms with Crippen LogP contribution in [0.2, 0.25) is 0 Å². The highest BCUT2D eigenvalue weighted by molar-refractivity contribution is 5.85. The first-order chi connectivity index (χ1) is 13.2. The monoisotopic (exact) mass is 365 g/mol. The van der Waals surface area contributed by atoms with E-state index in [1.54, 1.807) is 0 Å². The lowest BCUT2D eigenvalue weighted by molar-refractivity contribution is 0.646. The quantitative estimate of drug-likeness (QED) is 0.557. The van der Waals surface area contributed by atoms with Gasteiger partial charge in [-0.1, -0.05) is 37.6 Å². The van der Waals surface area contributed by atoms with Crippen molar-refractivity contribution in [2.45, 2.75) is 45.2 Å². The molecular weight excluding hydrogens is 338 g/mol. The van der Waals surface area contributed by atoms with Crippen LogP contribution in [0.25, 0.3) is 11.0 Å². The highest BCUT2D eigenvalue weighted by atomic mass is 15.3. The Bertz CT molecular complexity index is 895. The summed E-state index contributed by atoms with van der Waals surface area (Å²) in [5, 5.41) is 11.6. The van der Waals surface area contributed by atoms with Crippen LogP contribution < -0.4 is 16.4 Å². The first-order valence-electron chi connectivity index (χ1n) is 9.79. The third-order valence-corrected chi connectivity index (χ3v) is 5.04. The number of anilines is 2. The molecule has 1 aliphatic heterocycles. The summed E-state index contributed by atoms with van der Waals surface area (Å²) >= 11 is 0. The predicted molar refractivity (Wildman–Crippen MR) is 109 cm³/mol. The van der Waals surface area contributed by atoms with E-state index in [0.717, 1.165) is 37.0 Å². The van der Waals surface area contributed by atoms with Crippen molar-refractivity contribution >= 4 is 22.8 Å². The zero-order valence-corrected chi connectivity index (χ0v) is 15.8. The second kappa shape index (κ2) is 7.92. The lowest BCUT2D eigenvalue weighted by Gasteiger charge is -2.11. The molecule has 142 valence electrons. The number of unbranched alkanes of at least 4 members (excludes halogenated alkanes) is 1. The van der Waals surface area contributed by atoms with Crippen LogP contribution in [0.4, 0.5) is 11.8 Å². The molecule has 4 rings (SSSR count). The second-order valence-electron chi connectivity index (χ2n) is 7.16. The summed E-state index contributed by atoms with van der Waals surface area (Å²) in [7, 11) is 0. The van der Waals surface area contributed by atoms with Crippen molar-refractivity contribution in [3.8, 4) is 0 Å². The summed E-state index contributed by atoms with van der Waals surface area (Å²) < 4.78 is 1.91. The molecule has 27 heavy (non-hydrogen) atoms. The van der Waals surface area contributed by atoms with E-state index in [4.69, 9.17) is 5.73 Å². The lowest BCUT2D eigenvalue weighted by atomic mass is 10.0. The first-order valence-corrected chi connectivity index (χ1v) is 9.79. The smallest absolute Gasteiger partial charge is 0.222 e. The van der Waals surface area contributed by atoms with E-state index in [0.29, 0.717) is 18.4 Å². The van der Waals surface area contributed by atoms with Crippen LogP contribution in [0.3, 0.4) is 0 Å². The molecule has 4 N–H and O–H groups in total. The molecule has 1 aromatic carbocycles. The van der Waals surface area contributed by atoms with Crippen LogP contribution in [0.1, 0.15) is 49.8 Å². The molecule has 0 spiro atoms. The molecule has 7 nitrogen and oxygen atoms in total. The van der Waals surface area contributed by atoms with Gasteiger partial charge in [-0.25, -0.2) is 4.98 Å². The van der Waals surface area contributed by atoms with Crippen molar-refractivity contribution in [3.63, 3.8) is 0 Å². The lowest BCUT2D eigenvalue weighted by Crippen LogP contribution is -2.12. The first kappa shape index (κ1) is 17.7. The summed E-state index contributed by atoms with van der Waals surface area (Å²) in [4.78, 5) is 8.65. The van der Waals surface area contributed by atoms with Gasteiger partial charge in [-0.2, -0.15) is 10.1 Å². The van der Waals surface area contributed by atoms with Crippen molar-refractivity contribution in [1.82, 2.24) is 25.1 Å². The summed E-state index contributed by atoms with van der Waals surface area (Å²) in [5.74, 6) is 0.988. The zero-order valence-electron chi connectivity index (χ0n) is 15.8. The van der Waals surface area contributed by atoms with Crippen molar-refractivity contribution in [2.75, 3.05) is 24.1 Å². The highest BCUT2D eigenvalue weighted by Crippen LogP contribution is 2.24. The molecule has 0 radical (unpaired) electrons. The highest BCUT2D eigenvalue weighted by Gasteiger charge is 2.16. The van der Waals surface area contributed by atoms with Crippen LogP contribution >= 0.6 is 0 Å². The number of nitrogen functional groups attached to an aromatic ring is 1. The number of nitrogens with one attached hydrogen (secondary N) is 2. The van der Waals surface area contributed by atoms with E-state index in [1.807, 2.05) is 10.9 Å². The predicted octanol–water partition coefficient (Wildman–Crippen LogP) is 3.09. The Morgan fingerprint density at radius 2 is 2.11 bits per heavy atom. The van der Waals surface area contributed by atoms with Gasteiger partial charge in [0, 0.05) is 12.6 Å². The van der Waals surface area contributed by atoms with Gasteiger partial charge in [-0.15, -0.1) is 0 Å². The average Bonchev–Trinajstić information content (AvgIpc) is 3.32. The van der Waals surface area contributed by atoms with E-state index in [1.165, 1.54) is 24.0 Å². The number of fused-ring (bicyclic) bond motifs is 1. The molecule has 7 heteroatoms. The SMILES string of the molecule is CCCCNc1nc(N)nc2cn(Cc3ccc([C@H]4CCCN4)cc3)nc12. The standard InChI is InChI=1S/C20H27N7/c1-2-3-10-23-19-18-17(24-20(21)25-19)13-27(26-18)12-14-6-8-15(9-7-14)16-5-4-11-22-16/h6-9,13,16,22H,2-5,10-12H2,1H3,(H3,21,23,24,25)/t16-/m1/s1. The fourth-order valence-electron chi connectivity index (χ4n) is 3.58. The van der Waals surface area contributed by atoms with Crippen LogP contribution in [-0.2, 0) is 6.54 Å². The molecule has 0 aliphatic carbocycles. The molecule has 2 aromatic heterocycles. The number of hydrogen-bond donors (Lipinski definition) is 3. The minimum atomic E-state index is 0.273. The Morgan fingerprint density at radius 3 is 2.85 bits per heavy atom. The number of hydrogen-bond acceptors (Lipinski definition) is 6. The fraction of sp³-hybridized carbons (Fsp3) is 0.450. The molecule has 0 amide bonds. The third kappa shape index (κ3) is 4.03. The summed E-state index contributed by atoms with van der Waals surface area (Å²) in [6.45, 7) is 4.83. The molecular formula is C20H27N7. The van der Waals surface area contributed by atoms with E-state index >= 15 is 0 Å². The van der Waals surface area contributed by atoms with Crippen LogP contribution in [-0.4, -0.2) is 32.8 Å². The summed E-state index contributed by atoms with van der Waals surface area (Å²) in [6, 6.07) is 9.31. The van der Waals surface area contributed by atoms with E-state index in [-0.39, 0.29) is 5.95 Å². The Balaban J connectivity index is 1.52. The van der Waals surface area contributed by atoms with Gasteiger partial charge < -0.3 is 16.4 Å². The van der Waals surface area contributed by atoms with Crippen molar-refractivity contribution < 1.29 is 0 Å². The average molecular weight is 365 g/mol. The maximum absolute atomic E-state index is 5.86. The molecule has 0 bridgehead atoms. The number of nitrogens with zero attached hydrogens (tertiary/aromatic N) is 4. The molecule has 1 fully saturated rings. The number of aromatic nitrogens is 4. The zero-order chi connectivity index (χ0) is 18.6. The maximum Gasteiger partial charge on any atom is 0.222 e. The minimum Gasteiger partial charge on any atom is -0.368 e. The van der Waals surface area contributed by atoms with Gasteiger partial charge in [0.2, 0.25) is 5.95 Å². The third-order valence-electron chi connectivity index (χ3n) is 5.04. The maximum atomic E-state index is 5.86. The van der Waals surface area contributed by atoms with Gasteiger partial charge in [-0.3, -0.25) is 4.68 Å². The van der Waals surface area contributed by atoms with Gasteiger partial charge in [0.15, 0.2) is 11.3 Å². The Morgan fingerprint density at radius 1 is 1.26 bits per heavy atom. The Labute approximate surface area is 159 Å². The molecule has 3 aromatic rings. The molecule has 1 atom stereocenters. The Hall–Kier alpha value is -2.67. The minimum absolute atomic E-state index is 0.273. The van der Waals surface area contributed by atoms with Crippen LogP contribution in [0.15, 0.2) is 30.5 Å². The van der Waals surface area contributed by atoms with Gasteiger partial charge in [0.25, 0.3) is 0 Å². The van der Waals surface area contributed by atoms with Crippen molar-refractivity contribution in [3.05, 3.63) is 41.6 Å². The molecule has 3 heterocycles. The van der Waals surface area contributed by atoms with Gasteiger partial charge in [-0.05, 0) is 36.9 Å².